The molecule has 0 atom stereocenters. The monoisotopic (exact) mass is 404 g/mol. The van der Waals surface area contributed by atoms with Crippen molar-refractivity contribution in [1.29, 1.82) is 0 Å². The molecule has 1 aliphatic rings. The van der Waals surface area contributed by atoms with Gasteiger partial charge in [0, 0.05) is 45.6 Å². The summed E-state index contributed by atoms with van der Waals surface area (Å²) in [5, 5.41) is 10.7. The second-order valence-electron chi connectivity index (χ2n) is 7.04. The van der Waals surface area contributed by atoms with Crippen molar-refractivity contribution in [3.63, 3.8) is 0 Å². The minimum absolute atomic E-state index is 0.350. The van der Waals surface area contributed by atoms with Crippen LogP contribution in [0, 0.1) is 0 Å². The van der Waals surface area contributed by atoms with Gasteiger partial charge >= 0.3 is 6.18 Å². The molecule has 2 N–H and O–H groups in total. The van der Waals surface area contributed by atoms with Gasteiger partial charge in [0.1, 0.15) is 5.75 Å². The molecule has 148 valence electrons. The summed E-state index contributed by atoms with van der Waals surface area (Å²) >= 11 is 0. The number of hydrogen-bond donors (Lipinski definition) is 2. The molecule has 0 amide bonds. The number of aromatic hydroxyl groups is 1. The number of allylic oxidation sites excluding steroid dienone is 1. The highest BCUT2D eigenvalue weighted by Gasteiger charge is 2.34. The predicted molar refractivity (Wildman–Crippen MR) is 112 cm³/mol. The van der Waals surface area contributed by atoms with Gasteiger partial charge in [-0.2, -0.15) is 13.2 Å². The Morgan fingerprint density at radius 3 is 2.53 bits per heavy atom. The molecule has 0 aliphatic carbocycles. The second-order valence-corrected chi connectivity index (χ2v) is 7.04. The van der Waals surface area contributed by atoms with Crippen LogP contribution in [-0.2, 0) is 6.18 Å². The summed E-state index contributed by atoms with van der Waals surface area (Å²) < 4.78 is 40.5. The topological polar surface area (TPSA) is 48.4 Å². The highest BCUT2D eigenvalue weighted by molar-refractivity contribution is 6.27. The summed E-state index contributed by atoms with van der Waals surface area (Å²) in [6.07, 6.45) is -1.19. The fourth-order valence-electron chi connectivity index (χ4n) is 3.87. The summed E-state index contributed by atoms with van der Waals surface area (Å²) in [5.74, 6) is -0.796. The Morgan fingerprint density at radius 2 is 1.70 bits per heavy atom. The number of aromatic amines is 1. The van der Waals surface area contributed by atoms with E-state index in [1.807, 2.05) is 48.5 Å². The van der Waals surface area contributed by atoms with Gasteiger partial charge in [-0.1, -0.05) is 42.5 Å². The van der Waals surface area contributed by atoms with E-state index in [4.69, 9.17) is 0 Å². The third kappa shape index (κ3) is 2.88. The molecule has 6 heteroatoms. The van der Waals surface area contributed by atoms with E-state index in [0.29, 0.717) is 11.1 Å². The Kier molecular flexibility index (Phi) is 4.03. The maximum Gasteiger partial charge on any atom is 0.419 e. The van der Waals surface area contributed by atoms with Crippen molar-refractivity contribution >= 4 is 34.0 Å². The molecule has 30 heavy (non-hydrogen) atoms. The normalized spacial score (nSPS) is 14.9. The van der Waals surface area contributed by atoms with E-state index < -0.39 is 17.5 Å². The summed E-state index contributed by atoms with van der Waals surface area (Å²) in [7, 11) is 0. The van der Waals surface area contributed by atoms with Crippen LogP contribution in [-0.4, -0.2) is 16.3 Å². The molecule has 0 spiro atoms. The Balaban J connectivity index is 1.85. The van der Waals surface area contributed by atoms with E-state index in [1.165, 1.54) is 6.07 Å². The minimum atomic E-state index is -4.67. The van der Waals surface area contributed by atoms with Gasteiger partial charge in [0.05, 0.1) is 11.3 Å². The summed E-state index contributed by atoms with van der Waals surface area (Å²) in [6.45, 7) is 0. The van der Waals surface area contributed by atoms with Gasteiger partial charge in [0.2, 0.25) is 0 Å². The van der Waals surface area contributed by atoms with Crippen LogP contribution in [0.5, 0.6) is 5.75 Å². The van der Waals surface area contributed by atoms with Gasteiger partial charge in [-0.15, -0.1) is 0 Å². The molecule has 0 radical (unpaired) electrons. The third-order valence-corrected chi connectivity index (χ3v) is 5.25. The number of aromatic nitrogens is 1. The first-order chi connectivity index (χ1) is 14.4. The van der Waals surface area contributed by atoms with E-state index in [0.717, 1.165) is 45.4 Å². The lowest BCUT2D eigenvalue weighted by atomic mass is 9.89. The average Bonchev–Trinajstić information content (AvgIpc) is 3.34. The van der Waals surface area contributed by atoms with Crippen molar-refractivity contribution in [1.82, 2.24) is 4.98 Å². The average molecular weight is 404 g/mol. The Morgan fingerprint density at radius 1 is 0.933 bits per heavy atom. The highest BCUT2D eigenvalue weighted by Crippen LogP contribution is 2.43. The molecule has 0 saturated heterocycles. The number of aliphatic imine (C=N–C) groups is 1. The molecule has 3 aromatic carbocycles. The van der Waals surface area contributed by atoms with Crippen LogP contribution in [0.4, 0.5) is 18.9 Å². The molecular formula is C24H15F3N2O. The van der Waals surface area contributed by atoms with Gasteiger partial charge in [-0.3, -0.25) is 4.99 Å². The van der Waals surface area contributed by atoms with Crippen LogP contribution < -0.4 is 0 Å². The van der Waals surface area contributed by atoms with E-state index in [2.05, 4.69) is 9.98 Å². The maximum atomic E-state index is 13.5. The van der Waals surface area contributed by atoms with Crippen molar-refractivity contribution in [2.75, 3.05) is 0 Å². The quantitative estimate of drug-likeness (QED) is 0.390. The Labute approximate surface area is 169 Å². The first-order valence-corrected chi connectivity index (χ1v) is 9.28. The maximum absolute atomic E-state index is 13.5. The number of nitrogens with zero attached hydrogens (tertiary/aromatic N) is 1. The molecule has 4 aromatic rings. The zero-order chi connectivity index (χ0) is 20.9. The number of nitrogens with one attached hydrogen (secondary N) is 1. The summed E-state index contributed by atoms with van der Waals surface area (Å²) in [6, 6.07) is 18.7. The van der Waals surface area contributed by atoms with Crippen LogP contribution in [0.3, 0.4) is 0 Å². The number of para-hydroxylation sites is 2. The van der Waals surface area contributed by atoms with Crippen LogP contribution in [0.25, 0.3) is 22.0 Å². The number of rotatable bonds is 2. The van der Waals surface area contributed by atoms with E-state index >= 15 is 0 Å². The molecule has 2 heterocycles. The molecule has 0 unspecified atom stereocenters. The lowest BCUT2D eigenvalue weighted by Crippen LogP contribution is -2.06. The predicted octanol–water partition coefficient (Wildman–Crippen LogP) is 6.57. The molecule has 1 aromatic heterocycles. The fourth-order valence-corrected chi connectivity index (χ4v) is 3.87. The largest absolute Gasteiger partial charge is 0.507 e. The minimum Gasteiger partial charge on any atom is -0.507 e. The van der Waals surface area contributed by atoms with E-state index in [-0.39, 0.29) is 0 Å². The van der Waals surface area contributed by atoms with Gasteiger partial charge in [0.15, 0.2) is 0 Å². The molecule has 5 rings (SSSR count). The lowest BCUT2D eigenvalue weighted by Gasteiger charge is -2.15. The third-order valence-electron chi connectivity index (χ3n) is 5.25. The van der Waals surface area contributed by atoms with E-state index in [9.17, 15) is 18.3 Å². The molecule has 0 bridgehead atoms. The standard InChI is InChI=1S/C24H15F3N2O/c25-24(26,27)19-11-14(9-10-22(19)30)23(17-12-28-20-7-3-1-5-15(17)20)18-13-29-21-8-4-2-6-16(18)21/h1-13,28,30H. The van der Waals surface area contributed by atoms with E-state index in [1.54, 1.807) is 12.4 Å². The first-order valence-electron chi connectivity index (χ1n) is 9.28. The van der Waals surface area contributed by atoms with Gasteiger partial charge in [-0.05, 0) is 29.8 Å². The van der Waals surface area contributed by atoms with Crippen LogP contribution in [0.15, 0.2) is 77.9 Å². The summed E-state index contributed by atoms with van der Waals surface area (Å²) in [4.78, 5) is 7.63. The SMILES string of the molecule is Oc1ccc(C(=C2C=Nc3ccccc32)c2c[nH]c3ccccc23)cc1C(F)(F)F. The fraction of sp³-hybridized carbons (Fsp3) is 0.0417. The number of alkyl halides is 3. The highest BCUT2D eigenvalue weighted by atomic mass is 19.4. The van der Waals surface area contributed by atoms with Crippen LogP contribution in [0.1, 0.15) is 22.3 Å². The number of H-pyrrole nitrogens is 1. The van der Waals surface area contributed by atoms with Crippen molar-refractivity contribution in [3.05, 3.63) is 95.2 Å². The Hall–Kier alpha value is -3.80. The molecule has 0 saturated carbocycles. The zero-order valence-corrected chi connectivity index (χ0v) is 15.5. The van der Waals surface area contributed by atoms with Gasteiger partial charge in [-0.25, -0.2) is 0 Å². The second kappa shape index (κ2) is 6.62. The molecule has 0 fully saturated rings. The van der Waals surface area contributed by atoms with Crippen molar-refractivity contribution < 1.29 is 18.3 Å². The number of fused-ring (bicyclic) bond motifs is 2. The lowest BCUT2D eigenvalue weighted by molar-refractivity contribution is -0.138. The summed E-state index contributed by atoms with van der Waals surface area (Å²) in [5.41, 5.74) is 3.88. The molecule has 1 aliphatic heterocycles. The van der Waals surface area contributed by atoms with Crippen LogP contribution in [0.2, 0.25) is 0 Å². The number of halogens is 3. The number of hydrogen-bond acceptors (Lipinski definition) is 2. The van der Waals surface area contributed by atoms with Crippen molar-refractivity contribution in [2.45, 2.75) is 6.18 Å². The van der Waals surface area contributed by atoms with Gasteiger partial charge in [0.25, 0.3) is 0 Å². The first kappa shape index (κ1) is 18.2. The van der Waals surface area contributed by atoms with Crippen molar-refractivity contribution in [2.24, 2.45) is 4.99 Å². The number of phenols is 1. The molecular weight excluding hydrogens is 389 g/mol. The van der Waals surface area contributed by atoms with Crippen molar-refractivity contribution in [3.8, 4) is 5.75 Å². The number of benzene rings is 3. The van der Waals surface area contributed by atoms with Gasteiger partial charge < -0.3 is 10.1 Å². The van der Waals surface area contributed by atoms with Crippen LogP contribution >= 0.6 is 0 Å². The molecule has 3 nitrogen and oxygen atoms in total. The number of phenolic OH excluding ortho intramolecular Hbond substituents is 1. The zero-order valence-electron chi connectivity index (χ0n) is 15.5. The Bertz CT molecular complexity index is 1350. The smallest absolute Gasteiger partial charge is 0.419 e.